The lowest BCUT2D eigenvalue weighted by molar-refractivity contribution is -0.0605. The zero-order chi connectivity index (χ0) is 12.3. The second kappa shape index (κ2) is 5.12. The Labute approximate surface area is 104 Å². The number of nitrogens with zero attached hydrogens (tertiary/aromatic N) is 1. The maximum absolute atomic E-state index is 11.8. The fourth-order valence-corrected chi connectivity index (χ4v) is 2.49. The van der Waals surface area contributed by atoms with Crippen molar-refractivity contribution in [1.29, 1.82) is 0 Å². The Kier molecular flexibility index (Phi) is 3.76. The molecule has 0 radical (unpaired) electrons. The van der Waals surface area contributed by atoms with E-state index in [0.717, 1.165) is 5.69 Å². The van der Waals surface area contributed by atoms with E-state index < -0.39 is 5.60 Å². The van der Waals surface area contributed by atoms with E-state index >= 15 is 0 Å². The maximum atomic E-state index is 11.8. The molecule has 2 heterocycles. The van der Waals surface area contributed by atoms with Gasteiger partial charge in [0.15, 0.2) is 0 Å². The SMILES string of the molecule is Cc1ncsc1C(=O)NCC1(O)CCOCC1. The number of rotatable bonds is 3. The number of thiazole rings is 1. The molecular weight excluding hydrogens is 240 g/mol. The first kappa shape index (κ1) is 12.5. The van der Waals surface area contributed by atoms with Crippen molar-refractivity contribution < 1.29 is 14.6 Å². The van der Waals surface area contributed by atoms with Gasteiger partial charge in [-0.2, -0.15) is 0 Å². The Morgan fingerprint density at radius 1 is 1.65 bits per heavy atom. The van der Waals surface area contributed by atoms with E-state index in [9.17, 15) is 9.90 Å². The molecule has 0 bridgehead atoms. The third-order valence-electron chi connectivity index (χ3n) is 2.95. The van der Waals surface area contributed by atoms with Crippen LogP contribution in [0.2, 0.25) is 0 Å². The van der Waals surface area contributed by atoms with Gasteiger partial charge in [0.1, 0.15) is 4.88 Å². The fraction of sp³-hybridized carbons (Fsp3) is 0.636. The van der Waals surface area contributed by atoms with Crippen molar-refractivity contribution >= 4 is 17.2 Å². The molecule has 0 unspecified atom stereocenters. The smallest absolute Gasteiger partial charge is 0.263 e. The largest absolute Gasteiger partial charge is 0.388 e. The first-order valence-corrected chi connectivity index (χ1v) is 6.47. The van der Waals surface area contributed by atoms with Crippen LogP contribution in [0.5, 0.6) is 0 Å². The first-order valence-electron chi connectivity index (χ1n) is 5.59. The van der Waals surface area contributed by atoms with Gasteiger partial charge in [0.25, 0.3) is 5.91 Å². The number of carbonyl (C=O) groups excluding carboxylic acids is 1. The van der Waals surface area contributed by atoms with Crippen LogP contribution >= 0.6 is 11.3 Å². The highest BCUT2D eigenvalue weighted by Gasteiger charge is 2.30. The minimum absolute atomic E-state index is 0.162. The molecule has 17 heavy (non-hydrogen) atoms. The van der Waals surface area contributed by atoms with E-state index in [0.29, 0.717) is 30.9 Å². The Balaban J connectivity index is 1.90. The Hall–Kier alpha value is -0.980. The minimum atomic E-state index is -0.827. The zero-order valence-electron chi connectivity index (χ0n) is 9.73. The van der Waals surface area contributed by atoms with Crippen LogP contribution in [0.25, 0.3) is 0 Å². The van der Waals surface area contributed by atoms with E-state index in [-0.39, 0.29) is 12.5 Å². The topological polar surface area (TPSA) is 71.5 Å². The molecule has 94 valence electrons. The Morgan fingerprint density at radius 2 is 2.35 bits per heavy atom. The van der Waals surface area contributed by atoms with Crippen molar-refractivity contribution in [3.8, 4) is 0 Å². The maximum Gasteiger partial charge on any atom is 0.263 e. The number of aromatic nitrogens is 1. The molecule has 2 rings (SSSR count). The average molecular weight is 256 g/mol. The molecule has 6 heteroatoms. The number of carbonyl (C=O) groups is 1. The second-order valence-corrected chi connectivity index (χ2v) is 5.14. The summed E-state index contributed by atoms with van der Waals surface area (Å²) in [6.07, 6.45) is 1.13. The van der Waals surface area contributed by atoms with Gasteiger partial charge in [-0.3, -0.25) is 4.79 Å². The van der Waals surface area contributed by atoms with Crippen LogP contribution in [0.4, 0.5) is 0 Å². The number of hydrogen-bond acceptors (Lipinski definition) is 5. The Morgan fingerprint density at radius 3 is 2.94 bits per heavy atom. The van der Waals surface area contributed by atoms with Crippen LogP contribution in [0.3, 0.4) is 0 Å². The van der Waals surface area contributed by atoms with Gasteiger partial charge in [-0.1, -0.05) is 0 Å². The third-order valence-corrected chi connectivity index (χ3v) is 3.88. The van der Waals surface area contributed by atoms with Gasteiger partial charge in [-0.05, 0) is 6.92 Å². The molecule has 1 amide bonds. The molecule has 0 saturated carbocycles. The van der Waals surface area contributed by atoms with Gasteiger partial charge < -0.3 is 15.2 Å². The number of hydrogen-bond donors (Lipinski definition) is 2. The summed E-state index contributed by atoms with van der Waals surface area (Å²) in [6, 6.07) is 0. The van der Waals surface area contributed by atoms with E-state index in [1.54, 1.807) is 12.4 Å². The van der Waals surface area contributed by atoms with Crippen molar-refractivity contribution in [3.63, 3.8) is 0 Å². The predicted octanol–water partition coefficient (Wildman–Crippen LogP) is 0.723. The molecule has 0 spiro atoms. The third kappa shape index (κ3) is 3.02. The fourth-order valence-electron chi connectivity index (χ4n) is 1.77. The summed E-state index contributed by atoms with van der Waals surface area (Å²) in [4.78, 5) is 16.5. The molecule has 1 aliphatic rings. The molecular formula is C11H16N2O3S. The Bertz CT molecular complexity index is 399. The highest BCUT2D eigenvalue weighted by Crippen LogP contribution is 2.20. The van der Waals surface area contributed by atoms with Crippen LogP contribution in [-0.4, -0.2) is 41.4 Å². The number of amides is 1. The summed E-state index contributed by atoms with van der Waals surface area (Å²) in [5, 5.41) is 12.9. The summed E-state index contributed by atoms with van der Waals surface area (Å²) in [6.45, 7) is 3.17. The average Bonchev–Trinajstić information content (AvgIpc) is 2.74. The summed E-state index contributed by atoms with van der Waals surface area (Å²) < 4.78 is 5.18. The summed E-state index contributed by atoms with van der Waals surface area (Å²) >= 11 is 1.31. The highest BCUT2D eigenvalue weighted by molar-refractivity contribution is 7.11. The minimum Gasteiger partial charge on any atom is -0.388 e. The van der Waals surface area contributed by atoms with Gasteiger partial charge in [0, 0.05) is 32.6 Å². The van der Waals surface area contributed by atoms with Gasteiger partial charge in [0.2, 0.25) is 0 Å². The first-order chi connectivity index (χ1) is 8.11. The molecule has 2 N–H and O–H groups in total. The van der Waals surface area contributed by atoms with Gasteiger partial charge in [-0.15, -0.1) is 11.3 Å². The van der Waals surface area contributed by atoms with Crippen molar-refractivity contribution in [1.82, 2.24) is 10.3 Å². The van der Waals surface area contributed by atoms with E-state index in [4.69, 9.17) is 4.74 Å². The van der Waals surface area contributed by atoms with Crippen molar-refractivity contribution in [3.05, 3.63) is 16.1 Å². The predicted molar refractivity (Wildman–Crippen MR) is 64.2 cm³/mol. The van der Waals surface area contributed by atoms with Crippen molar-refractivity contribution in [2.45, 2.75) is 25.4 Å². The molecule has 0 atom stereocenters. The number of aliphatic hydroxyl groups is 1. The molecule has 0 aromatic carbocycles. The second-order valence-electron chi connectivity index (χ2n) is 4.29. The van der Waals surface area contributed by atoms with Gasteiger partial charge >= 0.3 is 0 Å². The van der Waals surface area contributed by atoms with Crippen molar-refractivity contribution in [2.24, 2.45) is 0 Å². The molecule has 1 aromatic heterocycles. The number of ether oxygens (including phenoxy) is 1. The molecule has 0 aliphatic carbocycles. The van der Waals surface area contributed by atoms with Crippen LogP contribution < -0.4 is 5.32 Å². The van der Waals surface area contributed by atoms with Crippen molar-refractivity contribution in [2.75, 3.05) is 19.8 Å². The van der Waals surface area contributed by atoms with Crippen LogP contribution in [0.15, 0.2) is 5.51 Å². The number of nitrogens with one attached hydrogen (secondary N) is 1. The lowest BCUT2D eigenvalue weighted by Gasteiger charge is -2.31. The monoisotopic (exact) mass is 256 g/mol. The molecule has 1 aromatic rings. The van der Waals surface area contributed by atoms with E-state index in [1.165, 1.54) is 11.3 Å². The van der Waals surface area contributed by atoms with Gasteiger partial charge in [0.05, 0.1) is 16.8 Å². The summed E-state index contributed by atoms with van der Waals surface area (Å²) in [5.74, 6) is -0.162. The van der Waals surface area contributed by atoms with Crippen LogP contribution in [-0.2, 0) is 4.74 Å². The standard InChI is InChI=1S/C11H16N2O3S/c1-8-9(17-7-13-8)10(14)12-6-11(15)2-4-16-5-3-11/h7,15H,2-6H2,1H3,(H,12,14). The lowest BCUT2D eigenvalue weighted by atomic mass is 9.94. The summed E-state index contributed by atoms with van der Waals surface area (Å²) in [5.41, 5.74) is 1.55. The number of aryl methyl sites for hydroxylation is 1. The molecule has 1 fully saturated rings. The molecule has 1 aliphatic heterocycles. The highest BCUT2D eigenvalue weighted by atomic mass is 32.1. The normalized spacial score (nSPS) is 18.9. The van der Waals surface area contributed by atoms with Gasteiger partial charge in [-0.25, -0.2) is 4.98 Å². The van der Waals surface area contributed by atoms with Crippen LogP contribution in [0.1, 0.15) is 28.2 Å². The molecule has 5 nitrogen and oxygen atoms in total. The van der Waals surface area contributed by atoms with E-state index in [1.807, 2.05) is 0 Å². The van der Waals surface area contributed by atoms with Crippen LogP contribution in [0, 0.1) is 6.92 Å². The quantitative estimate of drug-likeness (QED) is 0.836. The summed E-state index contributed by atoms with van der Waals surface area (Å²) in [7, 11) is 0. The molecule has 1 saturated heterocycles. The zero-order valence-corrected chi connectivity index (χ0v) is 10.5. The lowest BCUT2D eigenvalue weighted by Crippen LogP contribution is -2.46. The van der Waals surface area contributed by atoms with E-state index in [2.05, 4.69) is 10.3 Å².